The van der Waals surface area contributed by atoms with E-state index in [2.05, 4.69) is 5.32 Å². The number of benzene rings is 2. The van der Waals surface area contributed by atoms with Crippen molar-refractivity contribution in [1.29, 1.82) is 0 Å². The third-order valence-electron chi connectivity index (χ3n) is 3.14. The Morgan fingerprint density at radius 2 is 1.67 bits per heavy atom. The second kappa shape index (κ2) is 6.56. The Hall–Kier alpha value is -2.82. The molecule has 0 radical (unpaired) electrons. The number of carbonyl (C=O) groups excluding carboxylic acids is 1. The molecule has 108 valence electrons. The Balaban J connectivity index is 2.04. The first kappa shape index (κ1) is 14.6. The van der Waals surface area contributed by atoms with Crippen LogP contribution in [0, 0.1) is 0 Å². The molecule has 2 aromatic rings. The molecule has 0 saturated heterocycles. The van der Waals surface area contributed by atoms with Crippen LogP contribution in [0.3, 0.4) is 0 Å². The van der Waals surface area contributed by atoms with Gasteiger partial charge in [-0.05, 0) is 29.8 Å². The largest absolute Gasteiger partial charge is 0.481 e. The van der Waals surface area contributed by atoms with Gasteiger partial charge in [-0.25, -0.2) is 0 Å². The van der Waals surface area contributed by atoms with Crippen LogP contribution >= 0.6 is 0 Å². The lowest BCUT2D eigenvalue weighted by Gasteiger charge is -2.14. The van der Waals surface area contributed by atoms with Crippen LogP contribution < -0.4 is 11.1 Å². The maximum Gasteiger partial charge on any atom is 0.312 e. The minimum Gasteiger partial charge on any atom is -0.481 e. The Morgan fingerprint density at radius 3 is 2.24 bits per heavy atom. The van der Waals surface area contributed by atoms with Crippen LogP contribution in [-0.2, 0) is 4.79 Å². The molecule has 2 rings (SSSR count). The average Bonchev–Trinajstić information content (AvgIpc) is 2.48. The van der Waals surface area contributed by atoms with Crippen molar-refractivity contribution in [2.24, 2.45) is 0 Å². The fourth-order valence-electron chi connectivity index (χ4n) is 1.96. The number of nitrogens with one attached hydrogen (secondary N) is 1. The lowest BCUT2D eigenvalue weighted by molar-refractivity contribution is -0.138. The Labute approximate surface area is 122 Å². The van der Waals surface area contributed by atoms with Crippen LogP contribution in [-0.4, -0.2) is 23.5 Å². The Kier molecular flexibility index (Phi) is 4.56. The van der Waals surface area contributed by atoms with E-state index in [1.165, 1.54) is 0 Å². The highest BCUT2D eigenvalue weighted by molar-refractivity contribution is 5.94. The number of carboxylic acid groups (broad SMARTS) is 1. The van der Waals surface area contributed by atoms with Crippen LogP contribution in [0.2, 0.25) is 0 Å². The smallest absolute Gasteiger partial charge is 0.312 e. The highest BCUT2D eigenvalue weighted by atomic mass is 16.4. The molecule has 2 aromatic carbocycles. The molecular weight excluding hydrogens is 268 g/mol. The molecule has 0 aliphatic carbocycles. The topological polar surface area (TPSA) is 92.4 Å². The monoisotopic (exact) mass is 284 g/mol. The van der Waals surface area contributed by atoms with Gasteiger partial charge in [-0.1, -0.05) is 30.3 Å². The fraction of sp³-hybridized carbons (Fsp3) is 0.125. The van der Waals surface area contributed by atoms with E-state index in [9.17, 15) is 14.7 Å². The van der Waals surface area contributed by atoms with Gasteiger partial charge in [0.2, 0.25) is 0 Å². The van der Waals surface area contributed by atoms with E-state index in [-0.39, 0.29) is 12.5 Å². The summed E-state index contributed by atoms with van der Waals surface area (Å²) in [6.07, 6.45) is 0. The van der Waals surface area contributed by atoms with Gasteiger partial charge in [0.25, 0.3) is 5.91 Å². The molecule has 0 fully saturated rings. The molecule has 0 aliphatic heterocycles. The fourth-order valence-corrected chi connectivity index (χ4v) is 1.96. The Morgan fingerprint density at radius 1 is 1.05 bits per heavy atom. The van der Waals surface area contributed by atoms with E-state index in [4.69, 9.17) is 5.73 Å². The molecule has 0 bridgehead atoms. The number of nitrogen functional groups attached to an aromatic ring is 1. The number of rotatable bonds is 5. The molecule has 21 heavy (non-hydrogen) atoms. The van der Waals surface area contributed by atoms with E-state index in [1.807, 2.05) is 6.07 Å². The first-order valence-corrected chi connectivity index (χ1v) is 6.49. The molecule has 0 spiro atoms. The molecule has 0 saturated carbocycles. The third kappa shape index (κ3) is 3.82. The van der Waals surface area contributed by atoms with Gasteiger partial charge in [-0.3, -0.25) is 9.59 Å². The second-order valence-corrected chi connectivity index (χ2v) is 4.63. The lowest BCUT2D eigenvalue weighted by atomic mass is 9.99. The summed E-state index contributed by atoms with van der Waals surface area (Å²) in [5.74, 6) is -2.07. The van der Waals surface area contributed by atoms with Crippen LogP contribution in [0.1, 0.15) is 21.8 Å². The maximum absolute atomic E-state index is 12.0. The average molecular weight is 284 g/mol. The van der Waals surface area contributed by atoms with Crippen LogP contribution in [0.15, 0.2) is 54.6 Å². The summed E-state index contributed by atoms with van der Waals surface area (Å²) in [6, 6.07) is 15.3. The molecule has 5 nitrogen and oxygen atoms in total. The molecule has 1 unspecified atom stereocenters. The van der Waals surface area contributed by atoms with Gasteiger partial charge in [-0.15, -0.1) is 0 Å². The number of hydrogen-bond donors (Lipinski definition) is 3. The molecule has 0 heterocycles. The number of anilines is 1. The minimum atomic E-state index is -0.973. The van der Waals surface area contributed by atoms with Gasteiger partial charge in [0.1, 0.15) is 0 Å². The second-order valence-electron chi connectivity index (χ2n) is 4.63. The summed E-state index contributed by atoms with van der Waals surface area (Å²) < 4.78 is 0. The zero-order chi connectivity index (χ0) is 15.2. The van der Waals surface area contributed by atoms with Crippen molar-refractivity contribution in [2.75, 3.05) is 12.3 Å². The summed E-state index contributed by atoms with van der Waals surface area (Å²) in [5.41, 5.74) is 7.22. The van der Waals surface area contributed by atoms with Crippen molar-refractivity contribution in [3.8, 4) is 0 Å². The van der Waals surface area contributed by atoms with Gasteiger partial charge < -0.3 is 16.2 Å². The van der Waals surface area contributed by atoms with Gasteiger partial charge >= 0.3 is 5.97 Å². The van der Waals surface area contributed by atoms with Crippen molar-refractivity contribution < 1.29 is 14.7 Å². The van der Waals surface area contributed by atoms with Crippen molar-refractivity contribution >= 4 is 17.6 Å². The number of carbonyl (C=O) groups is 2. The maximum atomic E-state index is 12.0. The first-order valence-electron chi connectivity index (χ1n) is 6.49. The van der Waals surface area contributed by atoms with Crippen molar-refractivity contribution in [2.45, 2.75) is 5.92 Å². The summed E-state index contributed by atoms with van der Waals surface area (Å²) in [5, 5.41) is 11.9. The lowest BCUT2D eigenvalue weighted by Crippen LogP contribution is -2.31. The van der Waals surface area contributed by atoms with E-state index in [1.54, 1.807) is 48.5 Å². The summed E-state index contributed by atoms with van der Waals surface area (Å²) in [4.78, 5) is 23.3. The number of carboxylic acids is 1. The van der Waals surface area contributed by atoms with Gasteiger partial charge in [0.15, 0.2) is 0 Å². The normalized spacial score (nSPS) is 11.6. The molecular formula is C16H16N2O3. The SMILES string of the molecule is Nc1ccc(C(=O)NCC(C(=O)O)c2ccccc2)cc1. The van der Waals surface area contributed by atoms with Crippen molar-refractivity contribution in [3.63, 3.8) is 0 Å². The predicted molar refractivity (Wildman–Crippen MR) is 80.0 cm³/mol. The van der Waals surface area contributed by atoms with Crippen LogP contribution in [0.5, 0.6) is 0 Å². The quantitative estimate of drug-likeness (QED) is 0.731. The first-order chi connectivity index (χ1) is 10.1. The standard InChI is InChI=1S/C16H16N2O3/c17-13-8-6-12(7-9-13)15(19)18-10-14(16(20)21)11-4-2-1-3-5-11/h1-9,14H,10,17H2,(H,18,19)(H,20,21). The number of nitrogens with two attached hydrogens (primary N) is 1. The summed E-state index contributed by atoms with van der Waals surface area (Å²) in [7, 11) is 0. The molecule has 4 N–H and O–H groups in total. The number of hydrogen-bond acceptors (Lipinski definition) is 3. The zero-order valence-electron chi connectivity index (χ0n) is 11.3. The number of aliphatic carboxylic acids is 1. The van der Waals surface area contributed by atoms with E-state index >= 15 is 0 Å². The van der Waals surface area contributed by atoms with E-state index in [0.717, 1.165) is 0 Å². The minimum absolute atomic E-state index is 0.0303. The summed E-state index contributed by atoms with van der Waals surface area (Å²) in [6.45, 7) is 0.0303. The van der Waals surface area contributed by atoms with E-state index < -0.39 is 11.9 Å². The highest BCUT2D eigenvalue weighted by Gasteiger charge is 2.20. The molecule has 1 atom stereocenters. The molecule has 1 amide bonds. The highest BCUT2D eigenvalue weighted by Crippen LogP contribution is 2.15. The number of amides is 1. The molecule has 0 aliphatic rings. The third-order valence-corrected chi connectivity index (χ3v) is 3.14. The zero-order valence-corrected chi connectivity index (χ0v) is 11.3. The molecule has 0 aromatic heterocycles. The van der Waals surface area contributed by atoms with Gasteiger partial charge in [0.05, 0.1) is 5.92 Å². The van der Waals surface area contributed by atoms with Crippen molar-refractivity contribution in [1.82, 2.24) is 5.32 Å². The van der Waals surface area contributed by atoms with Gasteiger partial charge in [0, 0.05) is 17.8 Å². The predicted octanol–water partition coefficient (Wildman–Crippen LogP) is 1.87. The van der Waals surface area contributed by atoms with Gasteiger partial charge in [-0.2, -0.15) is 0 Å². The van der Waals surface area contributed by atoms with Crippen LogP contribution in [0.25, 0.3) is 0 Å². The summed E-state index contributed by atoms with van der Waals surface area (Å²) >= 11 is 0. The Bertz CT molecular complexity index is 624. The van der Waals surface area contributed by atoms with Crippen molar-refractivity contribution in [3.05, 3.63) is 65.7 Å². The van der Waals surface area contributed by atoms with Crippen LogP contribution in [0.4, 0.5) is 5.69 Å². The van der Waals surface area contributed by atoms with E-state index in [0.29, 0.717) is 16.8 Å². The molecule has 5 heteroatoms.